The monoisotopic (exact) mass is 348 g/mol. The summed E-state index contributed by atoms with van der Waals surface area (Å²) in [6.07, 6.45) is 11.8. The summed E-state index contributed by atoms with van der Waals surface area (Å²) >= 11 is 1.70. The molecule has 1 amide bonds. The number of anilines is 1. The van der Waals surface area contributed by atoms with Gasteiger partial charge in [-0.3, -0.25) is 4.79 Å². The molecule has 1 unspecified atom stereocenters. The van der Waals surface area contributed by atoms with Crippen molar-refractivity contribution in [2.75, 3.05) is 5.32 Å². The van der Waals surface area contributed by atoms with Crippen molar-refractivity contribution in [2.24, 2.45) is 17.3 Å². The second-order valence-corrected chi connectivity index (χ2v) is 9.87. The van der Waals surface area contributed by atoms with Crippen molar-refractivity contribution in [1.82, 2.24) is 4.98 Å². The van der Waals surface area contributed by atoms with E-state index in [0.29, 0.717) is 11.8 Å². The van der Waals surface area contributed by atoms with Gasteiger partial charge in [-0.05, 0) is 42.9 Å². The minimum absolute atomic E-state index is 0.152. The van der Waals surface area contributed by atoms with E-state index in [9.17, 15) is 4.79 Å². The van der Waals surface area contributed by atoms with Gasteiger partial charge in [0.2, 0.25) is 5.91 Å². The number of carbonyl (C=O) groups excluding carboxylic acids is 1. The van der Waals surface area contributed by atoms with Gasteiger partial charge in [-0.25, -0.2) is 4.98 Å². The molecule has 1 atom stereocenters. The molecule has 24 heavy (non-hydrogen) atoms. The van der Waals surface area contributed by atoms with Crippen molar-refractivity contribution in [3.05, 3.63) is 10.6 Å². The van der Waals surface area contributed by atoms with Crippen LogP contribution in [0.4, 0.5) is 5.13 Å². The number of carbonyl (C=O) groups is 1. The van der Waals surface area contributed by atoms with Crippen molar-refractivity contribution in [2.45, 2.75) is 85.0 Å². The minimum Gasteiger partial charge on any atom is -0.302 e. The summed E-state index contributed by atoms with van der Waals surface area (Å²) in [5.74, 6) is 1.64. The van der Waals surface area contributed by atoms with Crippen LogP contribution in [0.1, 0.15) is 82.7 Å². The third-order valence-electron chi connectivity index (χ3n) is 5.92. The highest BCUT2D eigenvalue weighted by atomic mass is 32.1. The van der Waals surface area contributed by atoms with E-state index in [4.69, 9.17) is 0 Å². The van der Waals surface area contributed by atoms with Gasteiger partial charge in [-0.2, -0.15) is 0 Å². The molecule has 1 fully saturated rings. The summed E-state index contributed by atoms with van der Waals surface area (Å²) in [5, 5.41) is 3.88. The number of rotatable bonds is 4. The van der Waals surface area contributed by atoms with Crippen LogP contribution in [0.25, 0.3) is 0 Å². The number of aromatic nitrogens is 1. The van der Waals surface area contributed by atoms with Crippen LogP contribution in [-0.2, 0) is 17.6 Å². The van der Waals surface area contributed by atoms with E-state index in [1.807, 2.05) is 0 Å². The zero-order valence-electron chi connectivity index (χ0n) is 15.5. The number of hydrogen-bond acceptors (Lipinski definition) is 3. The predicted molar refractivity (Wildman–Crippen MR) is 102 cm³/mol. The molecule has 1 aromatic heterocycles. The number of hydrogen-bond donors (Lipinski definition) is 1. The molecule has 1 saturated carbocycles. The average Bonchev–Trinajstić information content (AvgIpc) is 2.94. The molecule has 1 N–H and O–H groups in total. The van der Waals surface area contributed by atoms with Gasteiger partial charge in [-0.1, -0.05) is 52.9 Å². The number of nitrogens with one attached hydrogen (secondary N) is 1. The van der Waals surface area contributed by atoms with Gasteiger partial charge in [0, 0.05) is 11.3 Å². The smallest absolute Gasteiger partial charge is 0.226 e. The molecule has 0 saturated heterocycles. The molecule has 3 rings (SSSR count). The van der Waals surface area contributed by atoms with Crippen molar-refractivity contribution < 1.29 is 4.79 Å². The fourth-order valence-corrected chi connectivity index (χ4v) is 5.26. The summed E-state index contributed by atoms with van der Waals surface area (Å²) in [4.78, 5) is 18.3. The summed E-state index contributed by atoms with van der Waals surface area (Å²) in [5.41, 5.74) is 1.58. The molecule has 2 aliphatic carbocycles. The van der Waals surface area contributed by atoms with Crippen LogP contribution in [-0.4, -0.2) is 10.9 Å². The molecule has 3 nitrogen and oxygen atoms in total. The average molecular weight is 349 g/mol. The maximum Gasteiger partial charge on any atom is 0.226 e. The SMILES string of the molecule is CC(C)(C)C1CCc2nc(NC(=O)CCC3CCCCC3)sc2C1. The highest BCUT2D eigenvalue weighted by molar-refractivity contribution is 7.15. The molecule has 1 heterocycles. The van der Waals surface area contributed by atoms with E-state index in [1.165, 1.54) is 49.1 Å². The van der Waals surface area contributed by atoms with Gasteiger partial charge in [0.1, 0.15) is 0 Å². The molecule has 0 radical (unpaired) electrons. The Morgan fingerprint density at radius 1 is 1.21 bits per heavy atom. The molecule has 134 valence electrons. The molecule has 0 aliphatic heterocycles. The zero-order chi connectivity index (χ0) is 17.2. The van der Waals surface area contributed by atoms with E-state index < -0.39 is 0 Å². The van der Waals surface area contributed by atoms with Crippen molar-refractivity contribution in [1.29, 1.82) is 0 Å². The molecule has 2 aliphatic rings. The lowest BCUT2D eigenvalue weighted by Gasteiger charge is -2.33. The summed E-state index contributed by atoms with van der Waals surface area (Å²) in [7, 11) is 0. The highest BCUT2D eigenvalue weighted by Gasteiger charge is 2.30. The first-order chi connectivity index (χ1) is 11.4. The fourth-order valence-electron chi connectivity index (χ4n) is 4.16. The lowest BCUT2D eigenvalue weighted by molar-refractivity contribution is -0.116. The first-order valence-electron chi connectivity index (χ1n) is 9.70. The third kappa shape index (κ3) is 4.59. The Morgan fingerprint density at radius 2 is 1.96 bits per heavy atom. The molecule has 0 bridgehead atoms. The summed E-state index contributed by atoms with van der Waals surface area (Å²) in [6.45, 7) is 6.99. The molecular weight excluding hydrogens is 316 g/mol. The first-order valence-corrected chi connectivity index (χ1v) is 10.5. The lowest BCUT2D eigenvalue weighted by Crippen LogP contribution is -2.26. The van der Waals surface area contributed by atoms with Crippen LogP contribution < -0.4 is 5.32 Å². The van der Waals surface area contributed by atoms with Crippen molar-refractivity contribution in [3.63, 3.8) is 0 Å². The van der Waals surface area contributed by atoms with Crippen LogP contribution in [0.5, 0.6) is 0 Å². The molecular formula is C20H32N2OS. The van der Waals surface area contributed by atoms with Crippen LogP contribution in [0.2, 0.25) is 0 Å². The van der Waals surface area contributed by atoms with Crippen LogP contribution in [0.15, 0.2) is 0 Å². The van der Waals surface area contributed by atoms with Gasteiger partial charge >= 0.3 is 0 Å². The first kappa shape index (κ1) is 17.9. The number of thiazole rings is 1. The Labute approximate surface area is 150 Å². The Hall–Kier alpha value is -0.900. The van der Waals surface area contributed by atoms with Gasteiger partial charge < -0.3 is 5.32 Å². The fraction of sp³-hybridized carbons (Fsp3) is 0.800. The summed E-state index contributed by atoms with van der Waals surface area (Å²) < 4.78 is 0. The molecule has 0 spiro atoms. The van der Waals surface area contributed by atoms with Gasteiger partial charge in [-0.15, -0.1) is 11.3 Å². The lowest BCUT2D eigenvalue weighted by atomic mass is 9.73. The molecule has 1 aromatic rings. The van der Waals surface area contributed by atoms with E-state index >= 15 is 0 Å². The number of aryl methyl sites for hydroxylation is 1. The number of nitrogens with zero attached hydrogens (tertiary/aromatic N) is 1. The van der Waals surface area contributed by atoms with Gasteiger partial charge in [0.15, 0.2) is 5.13 Å². The topological polar surface area (TPSA) is 42.0 Å². The number of fused-ring (bicyclic) bond motifs is 1. The summed E-state index contributed by atoms with van der Waals surface area (Å²) in [6, 6.07) is 0. The second kappa shape index (κ2) is 7.55. The molecule has 0 aromatic carbocycles. The Balaban J connectivity index is 1.51. The maximum atomic E-state index is 12.2. The largest absolute Gasteiger partial charge is 0.302 e. The number of amides is 1. The normalized spacial score (nSPS) is 22.2. The predicted octanol–water partition coefficient (Wildman–Crippen LogP) is 5.59. The van der Waals surface area contributed by atoms with Crippen LogP contribution in [0, 0.1) is 17.3 Å². The molecule has 4 heteroatoms. The maximum absolute atomic E-state index is 12.2. The third-order valence-corrected chi connectivity index (χ3v) is 6.95. The Bertz CT molecular complexity index is 567. The van der Waals surface area contributed by atoms with E-state index in [0.717, 1.165) is 36.2 Å². The van der Waals surface area contributed by atoms with E-state index in [2.05, 4.69) is 31.1 Å². The standard InChI is InChI=1S/C20H32N2OS/c1-20(2,3)15-10-11-16-17(13-15)24-19(21-16)22-18(23)12-9-14-7-5-4-6-8-14/h14-15H,4-13H2,1-3H3,(H,21,22,23). The van der Waals surface area contributed by atoms with Crippen molar-refractivity contribution >= 4 is 22.4 Å². The van der Waals surface area contributed by atoms with E-state index in [1.54, 1.807) is 11.3 Å². The van der Waals surface area contributed by atoms with E-state index in [-0.39, 0.29) is 5.91 Å². The van der Waals surface area contributed by atoms with Crippen molar-refractivity contribution in [3.8, 4) is 0 Å². The van der Waals surface area contributed by atoms with Crippen LogP contribution in [0.3, 0.4) is 0 Å². The highest BCUT2D eigenvalue weighted by Crippen LogP contribution is 2.40. The second-order valence-electron chi connectivity index (χ2n) is 8.79. The van der Waals surface area contributed by atoms with Gasteiger partial charge in [0.05, 0.1) is 5.69 Å². The van der Waals surface area contributed by atoms with Crippen LogP contribution >= 0.6 is 11.3 Å². The Kier molecular flexibility index (Phi) is 5.63. The minimum atomic E-state index is 0.152. The Morgan fingerprint density at radius 3 is 2.67 bits per heavy atom. The zero-order valence-corrected chi connectivity index (χ0v) is 16.3. The van der Waals surface area contributed by atoms with Gasteiger partial charge in [0.25, 0.3) is 0 Å². The quantitative estimate of drug-likeness (QED) is 0.770.